The Bertz CT molecular complexity index is 553. The highest BCUT2D eigenvalue weighted by atomic mass is 32.2. The molecule has 0 aliphatic rings. The molecule has 0 amide bonds. The molecule has 0 radical (unpaired) electrons. The van der Waals surface area contributed by atoms with Gasteiger partial charge >= 0.3 is 0 Å². The van der Waals surface area contributed by atoms with E-state index in [1.165, 1.54) is 27.7 Å². The molecule has 0 heterocycles. The SMILES string of the molecule is CC(C)(CCCCCC(O)CCCCCC(C)(C)S(=O)(=O)O)S(=O)(=O)O. The summed E-state index contributed by atoms with van der Waals surface area (Å²) in [5.41, 5.74) is 0. The molecule has 0 aromatic carbocycles. The van der Waals surface area contributed by atoms with Crippen molar-refractivity contribution in [3.63, 3.8) is 0 Å². The second-order valence-corrected chi connectivity index (χ2v) is 12.4. The van der Waals surface area contributed by atoms with Gasteiger partial charge in [-0.25, -0.2) is 0 Å². The molecule has 0 saturated heterocycles. The number of rotatable bonds is 14. The summed E-state index contributed by atoms with van der Waals surface area (Å²) in [5.74, 6) is 0. The average molecular weight is 417 g/mol. The third-order valence-corrected chi connectivity index (χ3v) is 8.23. The van der Waals surface area contributed by atoms with E-state index in [1.54, 1.807) is 0 Å². The summed E-state index contributed by atoms with van der Waals surface area (Å²) in [6, 6.07) is 0. The van der Waals surface area contributed by atoms with E-state index in [4.69, 9.17) is 9.11 Å². The lowest BCUT2D eigenvalue weighted by Gasteiger charge is -2.21. The zero-order valence-corrected chi connectivity index (χ0v) is 18.1. The van der Waals surface area contributed by atoms with Crippen LogP contribution in [-0.4, -0.2) is 46.6 Å². The van der Waals surface area contributed by atoms with Gasteiger partial charge in [0.25, 0.3) is 20.2 Å². The molecule has 9 heteroatoms. The van der Waals surface area contributed by atoms with Crippen molar-refractivity contribution >= 4 is 20.2 Å². The van der Waals surface area contributed by atoms with E-state index >= 15 is 0 Å². The summed E-state index contributed by atoms with van der Waals surface area (Å²) < 4.78 is 60.7. The zero-order chi connectivity index (χ0) is 20.6. The van der Waals surface area contributed by atoms with E-state index in [0.717, 1.165) is 25.7 Å². The summed E-state index contributed by atoms with van der Waals surface area (Å²) in [4.78, 5) is 0. The Labute approximate surface area is 159 Å². The molecule has 158 valence electrons. The Morgan fingerprint density at radius 2 is 0.962 bits per heavy atom. The van der Waals surface area contributed by atoms with Gasteiger partial charge in [-0.15, -0.1) is 0 Å². The van der Waals surface area contributed by atoms with Gasteiger partial charge in [0.1, 0.15) is 0 Å². The molecule has 0 rings (SSSR count). The third-order valence-electron chi connectivity index (χ3n) is 5.03. The highest BCUT2D eigenvalue weighted by Gasteiger charge is 2.32. The fourth-order valence-electron chi connectivity index (χ4n) is 2.62. The molecule has 0 aliphatic carbocycles. The fourth-order valence-corrected chi connectivity index (χ4v) is 3.42. The van der Waals surface area contributed by atoms with E-state index in [0.29, 0.717) is 38.5 Å². The zero-order valence-electron chi connectivity index (χ0n) is 16.4. The van der Waals surface area contributed by atoms with Gasteiger partial charge in [0.15, 0.2) is 0 Å². The highest BCUT2D eigenvalue weighted by molar-refractivity contribution is 7.87. The Hall–Kier alpha value is -0.220. The molecular formula is C17H36O7S2. The molecule has 0 aliphatic heterocycles. The quantitative estimate of drug-likeness (QED) is 0.291. The van der Waals surface area contributed by atoms with E-state index in [2.05, 4.69) is 0 Å². The topological polar surface area (TPSA) is 129 Å². The summed E-state index contributed by atoms with van der Waals surface area (Å²) >= 11 is 0. The second-order valence-electron chi connectivity index (χ2n) is 8.32. The Kier molecular flexibility index (Phi) is 10.3. The van der Waals surface area contributed by atoms with Gasteiger partial charge < -0.3 is 5.11 Å². The number of aliphatic hydroxyl groups excluding tert-OH is 1. The maximum Gasteiger partial charge on any atom is 0.270 e. The predicted octanol–water partition coefficient (Wildman–Crippen LogP) is 3.58. The van der Waals surface area contributed by atoms with Crippen molar-refractivity contribution in [3.05, 3.63) is 0 Å². The van der Waals surface area contributed by atoms with E-state index in [-0.39, 0.29) is 0 Å². The molecule has 7 nitrogen and oxygen atoms in total. The minimum Gasteiger partial charge on any atom is -0.393 e. The van der Waals surface area contributed by atoms with Gasteiger partial charge in [-0.1, -0.05) is 38.5 Å². The van der Waals surface area contributed by atoms with Gasteiger partial charge in [0.05, 0.1) is 15.6 Å². The second kappa shape index (κ2) is 10.4. The molecule has 26 heavy (non-hydrogen) atoms. The summed E-state index contributed by atoms with van der Waals surface area (Å²) in [7, 11) is -8.09. The molecule has 0 aromatic heterocycles. The van der Waals surface area contributed by atoms with Gasteiger partial charge in [-0.2, -0.15) is 16.8 Å². The summed E-state index contributed by atoms with van der Waals surface area (Å²) in [5, 5.41) is 9.95. The van der Waals surface area contributed by atoms with Crippen molar-refractivity contribution in [1.82, 2.24) is 0 Å². The molecule has 0 spiro atoms. The minimum atomic E-state index is -4.05. The van der Waals surface area contributed by atoms with Crippen LogP contribution in [0.2, 0.25) is 0 Å². The van der Waals surface area contributed by atoms with E-state index in [9.17, 15) is 21.9 Å². The van der Waals surface area contributed by atoms with E-state index in [1.807, 2.05) is 0 Å². The normalized spacial score (nSPS) is 14.2. The van der Waals surface area contributed by atoms with Crippen LogP contribution in [0.15, 0.2) is 0 Å². The molecule has 0 saturated carbocycles. The maximum absolute atomic E-state index is 11.2. The number of unbranched alkanes of at least 4 members (excludes halogenated alkanes) is 4. The number of hydrogen-bond donors (Lipinski definition) is 3. The molecule has 0 fully saturated rings. The summed E-state index contributed by atoms with van der Waals surface area (Å²) in [6.07, 6.45) is 6.13. The Balaban J connectivity index is 3.81. The van der Waals surface area contributed by atoms with Crippen LogP contribution in [0.4, 0.5) is 0 Å². The van der Waals surface area contributed by atoms with Crippen LogP contribution in [0.3, 0.4) is 0 Å². The van der Waals surface area contributed by atoms with Gasteiger partial charge in [0.2, 0.25) is 0 Å². The standard InChI is InChI=1S/C17H36O7S2/c1-16(2,25(19,20)21)13-9-5-7-11-15(18)12-8-6-10-14-17(3,4)26(22,23)24/h15,18H,5-14H2,1-4H3,(H,19,20,21)(H,22,23,24). The van der Waals surface area contributed by atoms with E-state index < -0.39 is 35.8 Å². The lowest BCUT2D eigenvalue weighted by Crippen LogP contribution is -2.31. The summed E-state index contributed by atoms with van der Waals surface area (Å²) in [6.45, 7) is 6.00. The van der Waals surface area contributed by atoms with Crippen LogP contribution < -0.4 is 0 Å². The van der Waals surface area contributed by atoms with Crippen LogP contribution in [0.25, 0.3) is 0 Å². The monoisotopic (exact) mass is 416 g/mol. The van der Waals surface area contributed by atoms with Gasteiger partial charge in [0, 0.05) is 0 Å². The van der Waals surface area contributed by atoms with Crippen molar-refractivity contribution in [1.29, 1.82) is 0 Å². The lowest BCUT2D eigenvalue weighted by atomic mass is 9.99. The van der Waals surface area contributed by atoms with Crippen LogP contribution in [0, 0.1) is 0 Å². The maximum atomic E-state index is 11.2. The number of aliphatic hydroxyl groups is 1. The Morgan fingerprint density at radius 1 is 0.654 bits per heavy atom. The molecule has 0 aromatic rings. The molecule has 0 atom stereocenters. The number of hydrogen-bond acceptors (Lipinski definition) is 5. The van der Waals surface area contributed by atoms with Crippen molar-refractivity contribution in [2.24, 2.45) is 0 Å². The molecule has 0 unspecified atom stereocenters. The first-order chi connectivity index (χ1) is 11.6. The first-order valence-corrected chi connectivity index (χ1v) is 12.1. The highest BCUT2D eigenvalue weighted by Crippen LogP contribution is 2.24. The first-order valence-electron chi connectivity index (χ1n) is 9.22. The van der Waals surface area contributed by atoms with Gasteiger partial charge in [-0.3, -0.25) is 9.11 Å². The van der Waals surface area contributed by atoms with Gasteiger partial charge in [-0.05, 0) is 53.4 Å². The first kappa shape index (κ1) is 25.8. The van der Waals surface area contributed by atoms with Crippen molar-refractivity contribution in [2.45, 2.75) is 108 Å². The Morgan fingerprint density at radius 3 is 1.23 bits per heavy atom. The molecular weight excluding hydrogens is 380 g/mol. The molecule has 3 N–H and O–H groups in total. The minimum absolute atomic E-state index is 0.380. The average Bonchev–Trinajstić information content (AvgIpc) is 2.43. The van der Waals surface area contributed by atoms with Crippen molar-refractivity contribution < 1.29 is 31.0 Å². The van der Waals surface area contributed by atoms with Crippen LogP contribution >= 0.6 is 0 Å². The lowest BCUT2D eigenvalue weighted by molar-refractivity contribution is 0.147. The van der Waals surface area contributed by atoms with Crippen LogP contribution in [0.1, 0.15) is 91.9 Å². The molecule has 0 bridgehead atoms. The fraction of sp³-hybridized carbons (Fsp3) is 1.00. The van der Waals surface area contributed by atoms with Crippen molar-refractivity contribution in [2.75, 3.05) is 0 Å². The van der Waals surface area contributed by atoms with Crippen LogP contribution in [0.5, 0.6) is 0 Å². The smallest absolute Gasteiger partial charge is 0.270 e. The van der Waals surface area contributed by atoms with Crippen LogP contribution in [-0.2, 0) is 20.2 Å². The third kappa shape index (κ3) is 9.64. The largest absolute Gasteiger partial charge is 0.393 e. The predicted molar refractivity (Wildman–Crippen MR) is 103 cm³/mol. The van der Waals surface area contributed by atoms with Crippen molar-refractivity contribution in [3.8, 4) is 0 Å².